The van der Waals surface area contributed by atoms with Crippen LogP contribution < -0.4 is 11.4 Å². The van der Waals surface area contributed by atoms with Crippen LogP contribution >= 0.6 is 15.9 Å². The number of sulfone groups is 1. The van der Waals surface area contributed by atoms with Crippen LogP contribution in [-0.2, 0) is 14.6 Å². The Bertz CT molecular complexity index is 707. The fourth-order valence-corrected chi connectivity index (χ4v) is 4.99. The van der Waals surface area contributed by atoms with E-state index in [1.165, 1.54) is 12.3 Å². The number of anilines is 1. The Morgan fingerprint density at radius 1 is 1.62 bits per heavy atom. The fraction of sp³-hybridized carbons (Fsp3) is 0.600. The van der Waals surface area contributed by atoms with Crippen LogP contribution in [0.2, 0.25) is 0 Å². The highest BCUT2D eigenvalue weighted by atomic mass is 79.9. The number of aliphatic hydroxyl groups is 2. The molecule has 1 aliphatic heterocycles. The van der Waals surface area contributed by atoms with Crippen molar-refractivity contribution >= 4 is 31.6 Å². The third kappa shape index (κ3) is 2.48. The maximum absolute atomic E-state index is 11.9. The van der Waals surface area contributed by atoms with Gasteiger partial charge in [0.2, 0.25) is 4.93 Å². The van der Waals surface area contributed by atoms with E-state index < -0.39 is 44.2 Å². The number of halogens is 1. The lowest BCUT2D eigenvalue weighted by molar-refractivity contribution is -0.0555. The summed E-state index contributed by atoms with van der Waals surface area (Å²) in [4.78, 5) is 11.7. The molecular weight excluding hydrogens is 370 g/mol. The molecule has 0 aliphatic carbocycles. The van der Waals surface area contributed by atoms with Crippen molar-refractivity contribution in [3.63, 3.8) is 0 Å². The highest BCUT2D eigenvalue weighted by Gasteiger charge is 2.61. The summed E-state index contributed by atoms with van der Waals surface area (Å²) in [5.41, 5.74) is 4.61. The molecule has 1 saturated heterocycles. The van der Waals surface area contributed by atoms with Crippen molar-refractivity contribution in [3.05, 3.63) is 22.7 Å². The van der Waals surface area contributed by atoms with Crippen molar-refractivity contribution in [2.45, 2.75) is 22.1 Å². The molecule has 0 spiro atoms. The molecule has 2 rings (SSSR count). The Kier molecular flexibility index (Phi) is 4.14. The van der Waals surface area contributed by atoms with Gasteiger partial charge in [-0.15, -0.1) is 0 Å². The van der Waals surface area contributed by atoms with Crippen molar-refractivity contribution in [2.75, 3.05) is 18.6 Å². The molecule has 4 N–H and O–H groups in total. The van der Waals surface area contributed by atoms with E-state index in [2.05, 4.69) is 20.9 Å². The van der Waals surface area contributed by atoms with Gasteiger partial charge in [-0.05, 0) is 6.07 Å². The van der Waals surface area contributed by atoms with Gasteiger partial charge >= 0.3 is 5.69 Å². The minimum atomic E-state index is -4.01. The molecule has 1 fully saturated rings. The van der Waals surface area contributed by atoms with Gasteiger partial charge in [-0.1, -0.05) is 15.9 Å². The molecule has 9 nitrogen and oxygen atoms in total. The number of nitrogens with zero attached hydrogens (tertiary/aromatic N) is 2. The first kappa shape index (κ1) is 16.4. The molecule has 4 atom stereocenters. The van der Waals surface area contributed by atoms with E-state index in [0.29, 0.717) is 0 Å². The van der Waals surface area contributed by atoms with Crippen molar-refractivity contribution in [1.82, 2.24) is 9.55 Å². The molecule has 0 aromatic carbocycles. The lowest BCUT2D eigenvalue weighted by Crippen LogP contribution is -2.52. The molecule has 0 amide bonds. The second kappa shape index (κ2) is 5.32. The lowest BCUT2D eigenvalue weighted by Gasteiger charge is -2.27. The number of rotatable bonds is 3. The summed E-state index contributed by atoms with van der Waals surface area (Å²) in [6.07, 6.45) is -0.486. The van der Waals surface area contributed by atoms with Crippen LogP contribution in [0.3, 0.4) is 0 Å². The van der Waals surface area contributed by atoms with Gasteiger partial charge in [0.15, 0.2) is 16.1 Å². The number of hydrogen-bond acceptors (Lipinski definition) is 8. The van der Waals surface area contributed by atoms with E-state index in [1.54, 1.807) is 0 Å². The quantitative estimate of drug-likeness (QED) is 0.519. The minimum Gasteiger partial charge on any atom is -0.394 e. The average molecular weight is 384 g/mol. The smallest absolute Gasteiger partial charge is 0.351 e. The Labute approximate surface area is 128 Å². The summed E-state index contributed by atoms with van der Waals surface area (Å²) < 4.78 is 30.0. The van der Waals surface area contributed by atoms with Crippen molar-refractivity contribution in [3.8, 4) is 0 Å². The number of nitrogen functional groups attached to an aromatic ring is 1. The largest absolute Gasteiger partial charge is 0.394 e. The molecule has 0 radical (unpaired) electrons. The number of aliphatic hydroxyl groups excluding tert-OH is 1. The fourth-order valence-electron chi connectivity index (χ4n) is 2.16. The predicted molar refractivity (Wildman–Crippen MR) is 76.4 cm³/mol. The van der Waals surface area contributed by atoms with Crippen LogP contribution in [0.5, 0.6) is 0 Å². The first-order valence-corrected chi connectivity index (χ1v) is 8.60. The normalized spacial score (nSPS) is 33.2. The van der Waals surface area contributed by atoms with Gasteiger partial charge in [0.1, 0.15) is 16.7 Å². The molecule has 1 aromatic rings. The number of nitrogens with two attached hydrogens (primary N) is 1. The average Bonchev–Trinajstić information content (AvgIpc) is 2.63. The van der Waals surface area contributed by atoms with E-state index in [4.69, 9.17) is 10.5 Å². The molecule has 2 heterocycles. The zero-order chi connectivity index (χ0) is 16.0. The SMILES string of the molecule is CS(=O)(=O)[C@@]1(O)[C@@H](CO)O[C@@H](n2ccc(N)nc2=O)[C@@H]1Br. The first-order chi connectivity index (χ1) is 9.62. The predicted octanol–water partition coefficient (Wildman–Crippen LogP) is -1.79. The summed E-state index contributed by atoms with van der Waals surface area (Å²) in [5, 5.41) is 19.7. The van der Waals surface area contributed by atoms with Gasteiger partial charge in [0, 0.05) is 12.5 Å². The molecule has 0 saturated carbocycles. The standard InChI is InChI=1S/C10H14BrN3O6S/c1-21(18,19)10(17)5(4-15)20-8(7(10)11)14-3-2-6(12)13-9(14)16/h2-3,5,7-8,15,17H,4H2,1H3,(H2,12,13,16)/t5-,7+,8-,10+/m1/s1. The van der Waals surface area contributed by atoms with Crippen molar-refractivity contribution < 1.29 is 23.4 Å². The van der Waals surface area contributed by atoms with E-state index in [0.717, 1.165) is 10.8 Å². The van der Waals surface area contributed by atoms with Crippen molar-refractivity contribution in [1.29, 1.82) is 0 Å². The summed E-state index contributed by atoms with van der Waals surface area (Å²) in [6.45, 7) is -0.737. The van der Waals surface area contributed by atoms with E-state index in [1.807, 2.05) is 0 Å². The van der Waals surface area contributed by atoms with E-state index in [9.17, 15) is 23.4 Å². The maximum atomic E-state index is 11.9. The monoisotopic (exact) mass is 383 g/mol. The Morgan fingerprint density at radius 3 is 2.67 bits per heavy atom. The Balaban J connectivity index is 2.52. The van der Waals surface area contributed by atoms with Crippen LogP contribution in [0, 0.1) is 0 Å². The maximum Gasteiger partial charge on any atom is 0.351 e. The van der Waals surface area contributed by atoms with Gasteiger partial charge in [-0.25, -0.2) is 13.2 Å². The minimum absolute atomic E-state index is 0.00236. The van der Waals surface area contributed by atoms with Crippen LogP contribution in [0.15, 0.2) is 17.1 Å². The molecule has 1 aliphatic rings. The number of alkyl halides is 1. The van der Waals surface area contributed by atoms with Crippen LogP contribution in [0.1, 0.15) is 6.23 Å². The van der Waals surface area contributed by atoms with Gasteiger partial charge in [0.05, 0.1) is 6.61 Å². The van der Waals surface area contributed by atoms with E-state index >= 15 is 0 Å². The summed E-state index contributed by atoms with van der Waals surface area (Å²) in [7, 11) is -4.01. The molecule has 11 heteroatoms. The summed E-state index contributed by atoms with van der Waals surface area (Å²) in [6, 6.07) is 1.33. The zero-order valence-corrected chi connectivity index (χ0v) is 13.3. The van der Waals surface area contributed by atoms with Crippen LogP contribution in [0.4, 0.5) is 5.82 Å². The summed E-state index contributed by atoms with van der Waals surface area (Å²) >= 11 is 3.05. The topological polar surface area (TPSA) is 145 Å². The van der Waals surface area contributed by atoms with Crippen LogP contribution in [-0.4, -0.2) is 56.9 Å². The lowest BCUT2D eigenvalue weighted by atomic mass is 10.2. The second-order valence-corrected chi connectivity index (χ2v) is 7.85. The van der Waals surface area contributed by atoms with Gasteiger partial charge in [-0.2, -0.15) is 4.98 Å². The van der Waals surface area contributed by atoms with E-state index in [-0.39, 0.29) is 5.82 Å². The van der Waals surface area contributed by atoms with Crippen molar-refractivity contribution in [2.24, 2.45) is 0 Å². The van der Waals surface area contributed by atoms with Crippen LogP contribution in [0.25, 0.3) is 0 Å². The molecule has 21 heavy (non-hydrogen) atoms. The Hall–Kier alpha value is -1.01. The second-order valence-electron chi connectivity index (χ2n) is 4.67. The highest BCUT2D eigenvalue weighted by Crippen LogP contribution is 2.44. The molecule has 118 valence electrons. The highest BCUT2D eigenvalue weighted by molar-refractivity contribution is 9.09. The van der Waals surface area contributed by atoms with Gasteiger partial charge < -0.3 is 20.7 Å². The number of aromatic nitrogens is 2. The third-order valence-corrected chi connectivity index (χ3v) is 6.45. The first-order valence-electron chi connectivity index (χ1n) is 5.80. The zero-order valence-electron chi connectivity index (χ0n) is 10.9. The number of ether oxygens (including phenoxy) is 1. The number of hydrogen-bond donors (Lipinski definition) is 3. The van der Waals surface area contributed by atoms with Gasteiger partial charge in [-0.3, -0.25) is 4.57 Å². The third-order valence-electron chi connectivity index (χ3n) is 3.30. The molecule has 1 aromatic heterocycles. The molecule has 0 bridgehead atoms. The summed E-state index contributed by atoms with van der Waals surface area (Å²) in [5.74, 6) is -0.00236. The molecule has 0 unspecified atom stereocenters. The van der Waals surface area contributed by atoms with Gasteiger partial charge in [0.25, 0.3) is 0 Å². The Morgan fingerprint density at radius 2 is 2.24 bits per heavy atom. The molecular formula is C10H14BrN3O6S.